The molecular weight excluding hydrogens is 350 g/mol. The highest BCUT2D eigenvalue weighted by Crippen LogP contribution is 2.19. The summed E-state index contributed by atoms with van der Waals surface area (Å²) in [6, 6.07) is 17.8. The molecule has 2 N–H and O–H groups in total. The van der Waals surface area contributed by atoms with Crippen LogP contribution in [0, 0.1) is 6.92 Å². The summed E-state index contributed by atoms with van der Waals surface area (Å²) in [7, 11) is 0. The van der Waals surface area contributed by atoms with Crippen LogP contribution >= 0.6 is 0 Å². The number of aryl methyl sites for hydroxylation is 2. The molecule has 0 saturated heterocycles. The van der Waals surface area contributed by atoms with Gasteiger partial charge in [0.25, 0.3) is 0 Å². The van der Waals surface area contributed by atoms with Crippen molar-refractivity contribution in [2.45, 2.75) is 26.3 Å². The van der Waals surface area contributed by atoms with Gasteiger partial charge in [-0.05, 0) is 54.6 Å². The van der Waals surface area contributed by atoms with Gasteiger partial charge in [0.2, 0.25) is 11.8 Å². The third kappa shape index (κ3) is 4.88. The van der Waals surface area contributed by atoms with Gasteiger partial charge in [0.15, 0.2) is 0 Å². The Labute approximate surface area is 165 Å². The largest absolute Gasteiger partial charge is 0.356 e. The molecule has 2 aromatic carbocycles. The normalized spacial score (nSPS) is 10.6. The summed E-state index contributed by atoms with van der Waals surface area (Å²) < 4.78 is 2.29. The minimum Gasteiger partial charge on any atom is -0.356 e. The third-order valence-electron chi connectivity index (χ3n) is 4.67. The van der Waals surface area contributed by atoms with E-state index in [0.717, 1.165) is 18.5 Å². The van der Waals surface area contributed by atoms with Gasteiger partial charge < -0.3 is 15.2 Å². The van der Waals surface area contributed by atoms with Crippen LogP contribution in [-0.2, 0) is 22.6 Å². The maximum Gasteiger partial charge on any atom is 0.247 e. The first-order valence-electron chi connectivity index (χ1n) is 9.41. The molecule has 0 bridgehead atoms. The first-order valence-corrected chi connectivity index (χ1v) is 9.41. The fourth-order valence-corrected chi connectivity index (χ4v) is 3.26. The standard InChI is InChI=1S/C23H25N3O2/c1-3-22(27)25-20-11-9-18(10-12-20)16-23(28)24-13-6-14-26-17(2)15-19-7-4-5-8-21(19)26/h3-5,7-12,15H,1,6,13-14,16H2,2H3,(H,24,28)(H,25,27). The average Bonchev–Trinajstić information content (AvgIpc) is 3.02. The Morgan fingerprint density at radius 3 is 2.61 bits per heavy atom. The van der Waals surface area contributed by atoms with Crippen LogP contribution in [0.5, 0.6) is 0 Å². The fraction of sp³-hybridized carbons (Fsp3) is 0.217. The van der Waals surface area contributed by atoms with Crippen LogP contribution in [0.4, 0.5) is 5.69 Å². The van der Waals surface area contributed by atoms with E-state index in [4.69, 9.17) is 0 Å². The van der Waals surface area contributed by atoms with Crippen molar-refractivity contribution in [1.29, 1.82) is 0 Å². The second kappa shape index (κ2) is 9.04. The topological polar surface area (TPSA) is 63.1 Å². The molecular formula is C23H25N3O2. The molecule has 0 radical (unpaired) electrons. The molecule has 5 nitrogen and oxygen atoms in total. The number of benzene rings is 2. The van der Waals surface area contributed by atoms with E-state index in [-0.39, 0.29) is 11.8 Å². The number of para-hydroxylation sites is 1. The molecule has 1 aromatic heterocycles. The van der Waals surface area contributed by atoms with Gasteiger partial charge in [-0.2, -0.15) is 0 Å². The van der Waals surface area contributed by atoms with Crippen molar-refractivity contribution in [3.05, 3.63) is 78.5 Å². The summed E-state index contributed by atoms with van der Waals surface area (Å²) in [5, 5.41) is 6.91. The molecule has 0 aliphatic heterocycles. The fourth-order valence-electron chi connectivity index (χ4n) is 3.26. The van der Waals surface area contributed by atoms with Gasteiger partial charge in [-0.1, -0.05) is 36.9 Å². The predicted octanol–water partition coefficient (Wildman–Crippen LogP) is 3.82. The smallest absolute Gasteiger partial charge is 0.247 e. The number of aromatic nitrogens is 1. The number of rotatable bonds is 8. The minimum atomic E-state index is -0.254. The van der Waals surface area contributed by atoms with E-state index in [0.29, 0.717) is 18.7 Å². The molecule has 0 atom stereocenters. The van der Waals surface area contributed by atoms with Crippen LogP contribution in [0.15, 0.2) is 67.3 Å². The Morgan fingerprint density at radius 1 is 1.11 bits per heavy atom. The highest BCUT2D eigenvalue weighted by Gasteiger charge is 2.06. The van der Waals surface area contributed by atoms with Crippen molar-refractivity contribution in [3.8, 4) is 0 Å². The van der Waals surface area contributed by atoms with E-state index in [1.54, 1.807) is 12.1 Å². The van der Waals surface area contributed by atoms with E-state index in [1.807, 2.05) is 24.3 Å². The maximum absolute atomic E-state index is 12.2. The molecule has 0 fully saturated rings. The van der Waals surface area contributed by atoms with E-state index >= 15 is 0 Å². The van der Waals surface area contributed by atoms with Crippen molar-refractivity contribution in [3.63, 3.8) is 0 Å². The van der Waals surface area contributed by atoms with Crippen molar-refractivity contribution in [1.82, 2.24) is 9.88 Å². The zero-order valence-corrected chi connectivity index (χ0v) is 16.1. The molecule has 144 valence electrons. The van der Waals surface area contributed by atoms with Crippen molar-refractivity contribution >= 4 is 28.4 Å². The van der Waals surface area contributed by atoms with E-state index in [9.17, 15) is 9.59 Å². The lowest BCUT2D eigenvalue weighted by atomic mass is 10.1. The zero-order chi connectivity index (χ0) is 19.9. The van der Waals surface area contributed by atoms with E-state index in [1.165, 1.54) is 22.7 Å². The van der Waals surface area contributed by atoms with Gasteiger partial charge in [0, 0.05) is 30.0 Å². The molecule has 3 rings (SSSR count). The molecule has 1 heterocycles. The Hall–Kier alpha value is -3.34. The van der Waals surface area contributed by atoms with Gasteiger partial charge in [0.05, 0.1) is 6.42 Å². The molecule has 0 aliphatic carbocycles. The summed E-state index contributed by atoms with van der Waals surface area (Å²) in [6.07, 6.45) is 2.42. The van der Waals surface area contributed by atoms with Crippen LogP contribution in [0.25, 0.3) is 10.9 Å². The first kappa shape index (κ1) is 19.4. The summed E-state index contributed by atoms with van der Waals surface area (Å²) in [5.74, 6) is -0.256. The summed E-state index contributed by atoms with van der Waals surface area (Å²) in [5.41, 5.74) is 4.05. The molecule has 5 heteroatoms. The van der Waals surface area contributed by atoms with Gasteiger partial charge in [-0.25, -0.2) is 0 Å². The number of hydrogen-bond donors (Lipinski definition) is 2. The number of carbonyl (C=O) groups excluding carboxylic acids is 2. The maximum atomic E-state index is 12.2. The van der Waals surface area contributed by atoms with Crippen LogP contribution < -0.4 is 10.6 Å². The van der Waals surface area contributed by atoms with Crippen molar-refractivity contribution in [2.24, 2.45) is 0 Å². The van der Waals surface area contributed by atoms with Crippen LogP contribution in [0.2, 0.25) is 0 Å². The molecule has 0 unspecified atom stereocenters. The third-order valence-corrected chi connectivity index (χ3v) is 4.67. The molecule has 3 aromatic rings. The Bertz CT molecular complexity index is 987. The van der Waals surface area contributed by atoms with Crippen molar-refractivity contribution < 1.29 is 9.59 Å². The highest BCUT2D eigenvalue weighted by molar-refractivity contribution is 5.98. The minimum absolute atomic E-state index is 0.00281. The Balaban J connectivity index is 1.45. The first-order chi connectivity index (χ1) is 13.6. The predicted molar refractivity (Wildman–Crippen MR) is 113 cm³/mol. The lowest BCUT2D eigenvalue weighted by Gasteiger charge is -2.10. The quantitative estimate of drug-likeness (QED) is 0.464. The number of carbonyl (C=O) groups is 2. The van der Waals surface area contributed by atoms with Crippen molar-refractivity contribution in [2.75, 3.05) is 11.9 Å². The Kier molecular flexibility index (Phi) is 6.27. The monoisotopic (exact) mass is 375 g/mol. The lowest BCUT2D eigenvalue weighted by Crippen LogP contribution is -2.26. The highest BCUT2D eigenvalue weighted by atomic mass is 16.2. The molecule has 0 saturated carbocycles. The van der Waals surface area contributed by atoms with E-state index < -0.39 is 0 Å². The second-order valence-corrected chi connectivity index (χ2v) is 6.77. The number of fused-ring (bicyclic) bond motifs is 1. The zero-order valence-electron chi connectivity index (χ0n) is 16.1. The average molecular weight is 375 g/mol. The summed E-state index contributed by atoms with van der Waals surface area (Å²) in [6.45, 7) is 7.04. The number of nitrogens with zero attached hydrogens (tertiary/aromatic N) is 1. The van der Waals surface area contributed by atoms with Gasteiger partial charge in [-0.15, -0.1) is 0 Å². The number of amides is 2. The molecule has 2 amide bonds. The van der Waals surface area contributed by atoms with E-state index in [2.05, 4.69) is 46.9 Å². The van der Waals surface area contributed by atoms with Crippen LogP contribution in [-0.4, -0.2) is 22.9 Å². The SMILES string of the molecule is C=CC(=O)Nc1ccc(CC(=O)NCCCn2c(C)cc3ccccc32)cc1. The second-order valence-electron chi connectivity index (χ2n) is 6.77. The van der Waals surface area contributed by atoms with Crippen LogP contribution in [0.3, 0.4) is 0 Å². The van der Waals surface area contributed by atoms with Crippen LogP contribution in [0.1, 0.15) is 17.7 Å². The number of anilines is 1. The Morgan fingerprint density at radius 2 is 1.86 bits per heavy atom. The molecule has 28 heavy (non-hydrogen) atoms. The van der Waals surface area contributed by atoms with Gasteiger partial charge in [-0.3, -0.25) is 9.59 Å². The summed E-state index contributed by atoms with van der Waals surface area (Å²) in [4.78, 5) is 23.4. The lowest BCUT2D eigenvalue weighted by molar-refractivity contribution is -0.120. The number of hydrogen-bond acceptors (Lipinski definition) is 2. The summed E-state index contributed by atoms with van der Waals surface area (Å²) >= 11 is 0. The molecule has 0 aliphatic rings. The van der Waals surface area contributed by atoms with Gasteiger partial charge >= 0.3 is 0 Å². The molecule has 0 spiro atoms. The van der Waals surface area contributed by atoms with Gasteiger partial charge in [0.1, 0.15) is 0 Å². The number of nitrogens with one attached hydrogen (secondary N) is 2.